The van der Waals surface area contributed by atoms with Crippen molar-refractivity contribution in [2.24, 2.45) is 22.5 Å². The smallest absolute Gasteiger partial charge is 0.224 e. The zero-order valence-corrected chi connectivity index (χ0v) is 10.6. The van der Waals surface area contributed by atoms with Crippen molar-refractivity contribution in [1.29, 1.82) is 0 Å². The Kier molecular flexibility index (Phi) is 3.15. The van der Waals surface area contributed by atoms with Gasteiger partial charge in [0.2, 0.25) is 5.91 Å². The first kappa shape index (κ1) is 12.5. The second kappa shape index (κ2) is 3.78. The van der Waals surface area contributed by atoms with E-state index in [2.05, 4.69) is 33.0 Å². The number of amides is 1. The summed E-state index contributed by atoms with van der Waals surface area (Å²) in [4.78, 5) is 11.9. The van der Waals surface area contributed by atoms with Crippen molar-refractivity contribution < 1.29 is 4.79 Å². The molecule has 1 fully saturated rings. The summed E-state index contributed by atoms with van der Waals surface area (Å²) in [6.45, 7) is 11.3. The van der Waals surface area contributed by atoms with Crippen molar-refractivity contribution >= 4 is 5.91 Å². The summed E-state index contributed by atoms with van der Waals surface area (Å²) >= 11 is 0. The Morgan fingerprint density at radius 1 is 1.33 bits per heavy atom. The molecule has 1 saturated carbocycles. The molecule has 0 aromatic carbocycles. The molecular weight excluding hydrogens is 188 g/mol. The lowest BCUT2D eigenvalue weighted by Gasteiger charge is -2.08. The summed E-state index contributed by atoms with van der Waals surface area (Å²) in [7, 11) is 0. The molecular formula is C12H24N2O. The second-order valence-electron chi connectivity index (χ2n) is 5.93. The molecule has 0 saturated heterocycles. The van der Waals surface area contributed by atoms with Crippen LogP contribution in [0.3, 0.4) is 0 Å². The van der Waals surface area contributed by atoms with Crippen LogP contribution in [0, 0.1) is 16.7 Å². The molecule has 1 aliphatic rings. The number of carbonyl (C=O) groups is 1. The van der Waals surface area contributed by atoms with Crippen molar-refractivity contribution in [2.45, 2.75) is 47.1 Å². The number of nitrogens with two attached hydrogens (primary N) is 1. The average molecular weight is 212 g/mol. The fraction of sp³-hybridized carbons (Fsp3) is 0.917. The molecule has 1 unspecified atom stereocenters. The van der Waals surface area contributed by atoms with Crippen LogP contribution in [0.4, 0.5) is 0 Å². The minimum Gasteiger partial charge on any atom is -0.356 e. The van der Waals surface area contributed by atoms with E-state index in [0.29, 0.717) is 6.54 Å². The van der Waals surface area contributed by atoms with E-state index in [4.69, 9.17) is 5.73 Å². The molecule has 1 atom stereocenters. The van der Waals surface area contributed by atoms with Crippen LogP contribution in [0.25, 0.3) is 0 Å². The fourth-order valence-corrected chi connectivity index (χ4v) is 2.38. The molecule has 3 heteroatoms. The number of carbonyl (C=O) groups excluding carboxylic acids is 1. The van der Waals surface area contributed by atoms with Gasteiger partial charge in [-0.15, -0.1) is 0 Å². The minimum atomic E-state index is 0.130. The van der Waals surface area contributed by atoms with Gasteiger partial charge in [0.05, 0.1) is 0 Å². The van der Waals surface area contributed by atoms with Gasteiger partial charge >= 0.3 is 0 Å². The molecule has 0 radical (unpaired) electrons. The molecule has 1 amide bonds. The third kappa shape index (κ3) is 2.17. The largest absolute Gasteiger partial charge is 0.356 e. The molecule has 0 bridgehead atoms. The predicted octanol–water partition coefficient (Wildman–Crippen LogP) is 1.52. The van der Waals surface area contributed by atoms with Gasteiger partial charge in [0.1, 0.15) is 0 Å². The van der Waals surface area contributed by atoms with E-state index in [1.54, 1.807) is 0 Å². The summed E-state index contributed by atoms with van der Waals surface area (Å²) < 4.78 is 0. The van der Waals surface area contributed by atoms with Crippen LogP contribution in [0.2, 0.25) is 0 Å². The first-order valence-electron chi connectivity index (χ1n) is 5.74. The van der Waals surface area contributed by atoms with E-state index < -0.39 is 0 Å². The molecule has 1 rings (SSSR count). The Bertz CT molecular complexity index is 242. The minimum absolute atomic E-state index is 0.130. The van der Waals surface area contributed by atoms with Gasteiger partial charge in [0, 0.05) is 18.5 Å². The van der Waals surface area contributed by atoms with E-state index in [9.17, 15) is 4.79 Å². The number of hydrogen-bond donors (Lipinski definition) is 2. The molecule has 3 N–H and O–H groups in total. The summed E-state index contributed by atoms with van der Waals surface area (Å²) in [6.07, 6.45) is 0.847. The molecule has 0 spiro atoms. The van der Waals surface area contributed by atoms with Gasteiger partial charge in [-0.2, -0.15) is 0 Å². The van der Waals surface area contributed by atoms with Crippen molar-refractivity contribution in [2.75, 3.05) is 6.54 Å². The van der Waals surface area contributed by atoms with Gasteiger partial charge in [-0.05, 0) is 24.2 Å². The van der Waals surface area contributed by atoms with Crippen molar-refractivity contribution in [1.82, 2.24) is 5.32 Å². The lowest BCUT2D eigenvalue weighted by Crippen LogP contribution is -2.31. The lowest BCUT2D eigenvalue weighted by atomic mass is 10.0. The van der Waals surface area contributed by atoms with Gasteiger partial charge in [0.15, 0.2) is 0 Å². The first-order chi connectivity index (χ1) is 6.71. The highest BCUT2D eigenvalue weighted by Crippen LogP contribution is 2.68. The average Bonchev–Trinajstić information content (AvgIpc) is 2.41. The molecule has 0 aromatic rings. The van der Waals surface area contributed by atoms with Gasteiger partial charge < -0.3 is 11.1 Å². The van der Waals surface area contributed by atoms with Gasteiger partial charge in [-0.3, -0.25) is 4.79 Å². The van der Waals surface area contributed by atoms with Crippen LogP contribution in [-0.2, 0) is 4.79 Å². The monoisotopic (exact) mass is 212 g/mol. The molecule has 1 aliphatic carbocycles. The van der Waals surface area contributed by atoms with Crippen molar-refractivity contribution in [3.63, 3.8) is 0 Å². The third-order valence-corrected chi connectivity index (χ3v) is 4.18. The molecule has 0 heterocycles. The maximum Gasteiger partial charge on any atom is 0.224 e. The Hall–Kier alpha value is -0.570. The molecule has 0 aromatic heterocycles. The zero-order chi connectivity index (χ0) is 11.9. The molecule has 15 heavy (non-hydrogen) atoms. The Morgan fingerprint density at radius 3 is 2.13 bits per heavy atom. The maximum atomic E-state index is 11.9. The summed E-state index contributed by atoms with van der Waals surface area (Å²) in [5.41, 5.74) is 5.89. The summed E-state index contributed by atoms with van der Waals surface area (Å²) in [5, 5.41) is 2.97. The van der Waals surface area contributed by atoms with Crippen LogP contribution in [-0.4, -0.2) is 18.5 Å². The van der Waals surface area contributed by atoms with E-state index >= 15 is 0 Å². The highest BCUT2D eigenvalue weighted by atomic mass is 16.2. The third-order valence-electron chi connectivity index (χ3n) is 4.18. The number of hydrogen-bond acceptors (Lipinski definition) is 2. The quantitative estimate of drug-likeness (QED) is 0.742. The highest BCUT2D eigenvalue weighted by molar-refractivity contribution is 5.84. The Labute approximate surface area is 92.8 Å². The summed E-state index contributed by atoms with van der Waals surface area (Å²) in [5.74, 6) is 0.337. The Morgan fingerprint density at radius 2 is 1.80 bits per heavy atom. The highest BCUT2D eigenvalue weighted by Gasteiger charge is 2.68. The SMILES string of the molecule is CC(N)CCNC(=O)C1C(C)(C)C1(C)C. The fourth-order valence-electron chi connectivity index (χ4n) is 2.38. The zero-order valence-electron chi connectivity index (χ0n) is 10.6. The molecule has 0 aliphatic heterocycles. The second-order valence-corrected chi connectivity index (χ2v) is 5.93. The van der Waals surface area contributed by atoms with Crippen LogP contribution in [0.15, 0.2) is 0 Å². The summed E-state index contributed by atoms with van der Waals surface area (Å²) in [6, 6.07) is 0.158. The van der Waals surface area contributed by atoms with Gasteiger partial charge in [-0.25, -0.2) is 0 Å². The van der Waals surface area contributed by atoms with E-state index in [1.807, 2.05) is 6.92 Å². The topological polar surface area (TPSA) is 55.1 Å². The van der Waals surface area contributed by atoms with E-state index in [-0.39, 0.29) is 28.7 Å². The number of rotatable bonds is 4. The normalized spacial score (nSPS) is 24.7. The molecule has 3 nitrogen and oxygen atoms in total. The lowest BCUT2D eigenvalue weighted by molar-refractivity contribution is -0.123. The first-order valence-corrected chi connectivity index (χ1v) is 5.74. The van der Waals surface area contributed by atoms with Crippen LogP contribution in [0.5, 0.6) is 0 Å². The van der Waals surface area contributed by atoms with E-state index in [1.165, 1.54) is 0 Å². The van der Waals surface area contributed by atoms with Crippen LogP contribution in [0.1, 0.15) is 41.0 Å². The Balaban J connectivity index is 2.38. The molecule has 88 valence electrons. The van der Waals surface area contributed by atoms with Crippen LogP contribution >= 0.6 is 0 Å². The predicted molar refractivity (Wildman–Crippen MR) is 62.3 cm³/mol. The van der Waals surface area contributed by atoms with Crippen molar-refractivity contribution in [3.05, 3.63) is 0 Å². The maximum absolute atomic E-state index is 11.9. The van der Waals surface area contributed by atoms with Gasteiger partial charge in [0.25, 0.3) is 0 Å². The van der Waals surface area contributed by atoms with Gasteiger partial charge in [-0.1, -0.05) is 27.7 Å². The van der Waals surface area contributed by atoms with E-state index in [0.717, 1.165) is 6.42 Å². The van der Waals surface area contributed by atoms with Crippen LogP contribution < -0.4 is 11.1 Å². The number of nitrogens with one attached hydrogen (secondary N) is 1. The van der Waals surface area contributed by atoms with Crippen molar-refractivity contribution in [3.8, 4) is 0 Å². The standard InChI is InChI=1S/C12H24N2O/c1-8(13)6-7-14-10(15)9-11(2,3)12(9,4)5/h8-9H,6-7,13H2,1-5H3,(H,14,15).